The molecular weight excluding hydrogens is 242 g/mol. The molecule has 2 unspecified atom stereocenters. The highest BCUT2D eigenvalue weighted by Crippen LogP contribution is 2.25. The number of amides is 1. The number of aliphatic carboxylic acids is 1. The number of benzene rings is 1. The van der Waals surface area contributed by atoms with Crippen LogP contribution in [-0.4, -0.2) is 34.5 Å². The zero-order chi connectivity index (χ0) is 14.0. The Bertz CT molecular complexity index is 498. The van der Waals surface area contributed by atoms with Crippen molar-refractivity contribution in [2.45, 2.75) is 32.7 Å². The third kappa shape index (κ3) is 2.95. The summed E-state index contributed by atoms with van der Waals surface area (Å²) in [6, 6.07) is 7.64. The first-order chi connectivity index (χ1) is 8.99. The average molecular weight is 261 g/mol. The molecule has 1 fully saturated rings. The van der Waals surface area contributed by atoms with Gasteiger partial charge in [0.15, 0.2) is 0 Å². The topological polar surface area (TPSA) is 57.6 Å². The van der Waals surface area contributed by atoms with Crippen LogP contribution in [0.25, 0.3) is 0 Å². The SMILES string of the molecule is Cc1cccc(CC(=O)N2CCC(C(=O)O)C2C)c1. The molecular formula is C15H19NO3. The molecule has 2 atom stereocenters. The Morgan fingerprint density at radius 1 is 1.42 bits per heavy atom. The Morgan fingerprint density at radius 3 is 2.74 bits per heavy atom. The summed E-state index contributed by atoms with van der Waals surface area (Å²) in [5, 5.41) is 9.07. The van der Waals surface area contributed by atoms with Gasteiger partial charge in [-0.1, -0.05) is 29.8 Å². The molecule has 0 aliphatic carbocycles. The summed E-state index contributed by atoms with van der Waals surface area (Å²) >= 11 is 0. The monoisotopic (exact) mass is 261 g/mol. The molecule has 1 heterocycles. The van der Waals surface area contributed by atoms with Crippen LogP contribution in [0.2, 0.25) is 0 Å². The fourth-order valence-corrected chi connectivity index (χ4v) is 2.72. The number of carbonyl (C=O) groups is 2. The highest BCUT2D eigenvalue weighted by atomic mass is 16.4. The van der Waals surface area contributed by atoms with E-state index in [1.165, 1.54) is 0 Å². The highest BCUT2D eigenvalue weighted by Gasteiger charge is 2.37. The van der Waals surface area contributed by atoms with Gasteiger partial charge in [-0.3, -0.25) is 9.59 Å². The predicted octanol–water partition coefficient (Wildman–Crippen LogP) is 1.86. The Morgan fingerprint density at radius 2 is 2.16 bits per heavy atom. The number of nitrogens with zero attached hydrogens (tertiary/aromatic N) is 1. The van der Waals surface area contributed by atoms with Crippen LogP contribution in [0.1, 0.15) is 24.5 Å². The normalized spacial score (nSPS) is 22.5. The minimum absolute atomic E-state index is 0.0156. The van der Waals surface area contributed by atoms with E-state index in [-0.39, 0.29) is 11.9 Å². The van der Waals surface area contributed by atoms with Crippen LogP contribution >= 0.6 is 0 Å². The second-order valence-corrected chi connectivity index (χ2v) is 5.23. The van der Waals surface area contributed by atoms with Gasteiger partial charge >= 0.3 is 5.97 Å². The Kier molecular flexibility index (Phi) is 3.88. The summed E-state index contributed by atoms with van der Waals surface area (Å²) in [6.07, 6.45) is 0.897. The minimum Gasteiger partial charge on any atom is -0.481 e. The van der Waals surface area contributed by atoms with Crippen molar-refractivity contribution >= 4 is 11.9 Å². The van der Waals surface area contributed by atoms with Crippen LogP contribution < -0.4 is 0 Å². The van der Waals surface area contributed by atoms with Crippen molar-refractivity contribution < 1.29 is 14.7 Å². The van der Waals surface area contributed by atoms with E-state index in [0.717, 1.165) is 11.1 Å². The lowest BCUT2D eigenvalue weighted by atomic mass is 10.0. The van der Waals surface area contributed by atoms with Gasteiger partial charge in [-0.25, -0.2) is 0 Å². The minimum atomic E-state index is -0.807. The van der Waals surface area contributed by atoms with E-state index in [2.05, 4.69) is 0 Å². The van der Waals surface area contributed by atoms with Crippen molar-refractivity contribution in [2.75, 3.05) is 6.54 Å². The molecule has 0 spiro atoms. The summed E-state index contributed by atoms with van der Waals surface area (Å²) in [6.45, 7) is 4.36. The van der Waals surface area contributed by atoms with E-state index in [9.17, 15) is 9.59 Å². The molecule has 0 saturated carbocycles. The molecule has 1 aromatic rings. The van der Waals surface area contributed by atoms with E-state index in [4.69, 9.17) is 5.11 Å². The molecule has 102 valence electrons. The number of rotatable bonds is 3. The zero-order valence-electron chi connectivity index (χ0n) is 11.3. The lowest BCUT2D eigenvalue weighted by molar-refractivity contribution is -0.143. The molecule has 2 rings (SSSR count). The van der Waals surface area contributed by atoms with Gasteiger partial charge in [-0.2, -0.15) is 0 Å². The van der Waals surface area contributed by atoms with E-state index < -0.39 is 11.9 Å². The summed E-state index contributed by atoms with van der Waals surface area (Å²) in [7, 11) is 0. The van der Waals surface area contributed by atoms with Crippen LogP contribution in [0, 0.1) is 12.8 Å². The quantitative estimate of drug-likeness (QED) is 0.903. The molecule has 4 heteroatoms. The Balaban J connectivity index is 2.03. The van der Waals surface area contributed by atoms with E-state index >= 15 is 0 Å². The van der Waals surface area contributed by atoms with Crippen LogP contribution in [-0.2, 0) is 16.0 Å². The van der Waals surface area contributed by atoms with Gasteiger partial charge in [0.1, 0.15) is 0 Å². The summed E-state index contributed by atoms with van der Waals surface area (Å²) in [5.74, 6) is -1.22. The van der Waals surface area contributed by atoms with Crippen molar-refractivity contribution in [2.24, 2.45) is 5.92 Å². The number of carboxylic acid groups (broad SMARTS) is 1. The molecule has 1 amide bonds. The number of carboxylic acids is 1. The fourth-order valence-electron chi connectivity index (χ4n) is 2.72. The number of likely N-dealkylation sites (tertiary alicyclic amines) is 1. The Hall–Kier alpha value is -1.84. The van der Waals surface area contributed by atoms with E-state index in [1.807, 2.05) is 38.1 Å². The van der Waals surface area contributed by atoms with Gasteiger partial charge < -0.3 is 10.0 Å². The first-order valence-electron chi connectivity index (χ1n) is 6.57. The van der Waals surface area contributed by atoms with Crippen LogP contribution in [0.15, 0.2) is 24.3 Å². The molecule has 0 aromatic heterocycles. The van der Waals surface area contributed by atoms with Gasteiger partial charge in [0, 0.05) is 12.6 Å². The molecule has 0 radical (unpaired) electrons. The van der Waals surface area contributed by atoms with Gasteiger partial charge in [-0.05, 0) is 25.8 Å². The number of hydrogen-bond donors (Lipinski definition) is 1. The third-order valence-electron chi connectivity index (χ3n) is 3.83. The van der Waals surface area contributed by atoms with Gasteiger partial charge in [0.2, 0.25) is 5.91 Å². The first kappa shape index (κ1) is 13.6. The van der Waals surface area contributed by atoms with Crippen LogP contribution in [0.3, 0.4) is 0 Å². The standard InChI is InChI=1S/C15H19NO3/c1-10-4-3-5-12(8-10)9-14(17)16-7-6-13(11(16)2)15(18)19/h3-5,8,11,13H,6-7,9H2,1-2H3,(H,18,19). The molecule has 0 bridgehead atoms. The fraction of sp³-hybridized carbons (Fsp3) is 0.467. The van der Waals surface area contributed by atoms with E-state index in [0.29, 0.717) is 19.4 Å². The second kappa shape index (κ2) is 5.43. The van der Waals surface area contributed by atoms with Crippen molar-refractivity contribution in [3.63, 3.8) is 0 Å². The van der Waals surface area contributed by atoms with Crippen LogP contribution in [0.5, 0.6) is 0 Å². The molecule has 1 aromatic carbocycles. The zero-order valence-corrected chi connectivity index (χ0v) is 11.3. The second-order valence-electron chi connectivity index (χ2n) is 5.23. The first-order valence-corrected chi connectivity index (χ1v) is 6.57. The van der Waals surface area contributed by atoms with Crippen molar-refractivity contribution in [3.05, 3.63) is 35.4 Å². The third-order valence-corrected chi connectivity index (χ3v) is 3.83. The highest BCUT2D eigenvalue weighted by molar-refractivity contribution is 5.81. The molecule has 19 heavy (non-hydrogen) atoms. The van der Waals surface area contributed by atoms with E-state index in [1.54, 1.807) is 4.90 Å². The predicted molar refractivity (Wildman–Crippen MR) is 71.8 cm³/mol. The molecule has 1 saturated heterocycles. The summed E-state index contributed by atoms with van der Waals surface area (Å²) < 4.78 is 0. The van der Waals surface area contributed by atoms with Gasteiger partial charge in [0.25, 0.3) is 0 Å². The summed E-state index contributed by atoms with van der Waals surface area (Å²) in [4.78, 5) is 25.0. The number of aryl methyl sites for hydroxylation is 1. The van der Waals surface area contributed by atoms with Crippen molar-refractivity contribution in [1.29, 1.82) is 0 Å². The molecule has 1 aliphatic rings. The molecule has 1 N–H and O–H groups in total. The van der Waals surface area contributed by atoms with Crippen molar-refractivity contribution in [3.8, 4) is 0 Å². The summed E-state index contributed by atoms with van der Waals surface area (Å²) in [5.41, 5.74) is 2.11. The Labute approximate surface area is 113 Å². The smallest absolute Gasteiger partial charge is 0.308 e. The lowest BCUT2D eigenvalue weighted by Crippen LogP contribution is -2.38. The molecule has 4 nitrogen and oxygen atoms in total. The average Bonchev–Trinajstić information content (AvgIpc) is 2.71. The van der Waals surface area contributed by atoms with Crippen LogP contribution in [0.4, 0.5) is 0 Å². The number of hydrogen-bond acceptors (Lipinski definition) is 2. The van der Waals surface area contributed by atoms with Crippen molar-refractivity contribution in [1.82, 2.24) is 4.90 Å². The largest absolute Gasteiger partial charge is 0.481 e. The number of carbonyl (C=O) groups excluding carboxylic acids is 1. The molecule has 1 aliphatic heterocycles. The lowest BCUT2D eigenvalue weighted by Gasteiger charge is -2.23. The maximum Gasteiger partial charge on any atom is 0.308 e. The maximum atomic E-state index is 12.2. The van der Waals surface area contributed by atoms with Gasteiger partial charge in [0.05, 0.1) is 12.3 Å². The maximum absolute atomic E-state index is 12.2. The van der Waals surface area contributed by atoms with Gasteiger partial charge in [-0.15, -0.1) is 0 Å².